The summed E-state index contributed by atoms with van der Waals surface area (Å²) in [7, 11) is 0. The van der Waals surface area contributed by atoms with Crippen LogP contribution in [-0.4, -0.2) is 22.2 Å². The average molecular weight is 355 g/mol. The second-order valence-corrected chi connectivity index (χ2v) is 5.91. The van der Waals surface area contributed by atoms with Crippen LogP contribution in [-0.2, 0) is 9.59 Å². The van der Waals surface area contributed by atoms with Gasteiger partial charge < -0.3 is 14.6 Å². The third kappa shape index (κ3) is 3.26. The normalized spacial score (nSPS) is 11.2. The molecule has 0 fully saturated rings. The van der Waals surface area contributed by atoms with Crippen molar-refractivity contribution in [2.45, 2.75) is 32.6 Å². The highest BCUT2D eigenvalue weighted by molar-refractivity contribution is 9.10. The molecule has 0 bridgehead atoms. The van der Waals surface area contributed by atoms with Gasteiger partial charge in [-0.15, -0.1) is 0 Å². The van der Waals surface area contributed by atoms with Crippen molar-refractivity contribution in [2.75, 3.05) is 0 Å². The molecule has 112 valence electrons. The van der Waals surface area contributed by atoms with Gasteiger partial charge in [0, 0.05) is 11.3 Å². The molecule has 0 aliphatic heterocycles. The Morgan fingerprint density at radius 1 is 1.19 bits per heavy atom. The van der Waals surface area contributed by atoms with Crippen molar-refractivity contribution in [2.24, 2.45) is 0 Å². The van der Waals surface area contributed by atoms with Crippen molar-refractivity contribution >= 4 is 38.8 Å². The van der Waals surface area contributed by atoms with Crippen LogP contribution in [0, 0.1) is 13.8 Å². The third-order valence-corrected chi connectivity index (χ3v) is 4.16. The summed E-state index contributed by atoms with van der Waals surface area (Å²) < 4.78 is 6.35. The van der Waals surface area contributed by atoms with Crippen LogP contribution in [0.3, 0.4) is 0 Å². The Kier molecular flexibility index (Phi) is 4.37. The lowest BCUT2D eigenvalue weighted by atomic mass is 9.91. The van der Waals surface area contributed by atoms with E-state index in [2.05, 4.69) is 15.9 Å². The fourth-order valence-corrected chi connectivity index (χ4v) is 2.94. The average Bonchev–Trinajstić information content (AvgIpc) is 2.65. The fraction of sp³-hybridized carbons (Fsp3) is 0.333. The van der Waals surface area contributed by atoms with Crippen molar-refractivity contribution in [1.82, 2.24) is 0 Å². The number of rotatable bonds is 5. The van der Waals surface area contributed by atoms with Gasteiger partial charge in [-0.2, -0.15) is 0 Å². The Morgan fingerprint density at radius 2 is 1.76 bits per heavy atom. The van der Waals surface area contributed by atoms with E-state index < -0.39 is 17.9 Å². The maximum absolute atomic E-state index is 11.0. The molecule has 1 aromatic heterocycles. The molecule has 0 amide bonds. The van der Waals surface area contributed by atoms with Crippen LogP contribution in [0.5, 0.6) is 0 Å². The molecule has 2 aromatic rings. The molecule has 0 saturated heterocycles. The minimum atomic E-state index is -1.02. The summed E-state index contributed by atoms with van der Waals surface area (Å²) in [5.74, 6) is -1.82. The minimum absolute atomic E-state index is 0.222. The predicted molar refractivity (Wildman–Crippen MR) is 80.6 cm³/mol. The van der Waals surface area contributed by atoms with Gasteiger partial charge in [0.2, 0.25) is 0 Å². The van der Waals surface area contributed by atoms with E-state index in [4.69, 9.17) is 14.6 Å². The Hall–Kier alpha value is -1.82. The lowest BCUT2D eigenvalue weighted by molar-refractivity contribution is -0.139. The molecular weight excluding hydrogens is 340 g/mol. The number of aliphatic carboxylic acids is 2. The number of carbonyl (C=O) groups is 2. The maximum Gasteiger partial charge on any atom is 0.303 e. The highest BCUT2D eigenvalue weighted by atomic mass is 79.9. The van der Waals surface area contributed by atoms with Gasteiger partial charge in [0.1, 0.15) is 11.3 Å². The van der Waals surface area contributed by atoms with Crippen LogP contribution in [0.25, 0.3) is 11.0 Å². The zero-order chi connectivity index (χ0) is 15.7. The molecule has 0 aliphatic rings. The number of carboxylic acids is 2. The van der Waals surface area contributed by atoms with Crippen molar-refractivity contribution in [3.8, 4) is 0 Å². The van der Waals surface area contributed by atoms with Crippen molar-refractivity contribution in [3.63, 3.8) is 0 Å². The first-order valence-electron chi connectivity index (χ1n) is 6.42. The van der Waals surface area contributed by atoms with Crippen molar-refractivity contribution in [1.29, 1.82) is 0 Å². The van der Waals surface area contributed by atoms with E-state index in [9.17, 15) is 9.59 Å². The van der Waals surface area contributed by atoms with Gasteiger partial charge in [-0.1, -0.05) is 0 Å². The molecule has 1 aromatic carbocycles. The summed E-state index contributed by atoms with van der Waals surface area (Å²) in [6.07, 6.45) is -0.444. The number of halogens is 1. The zero-order valence-corrected chi connectivity index (χ0v) is 13.2. The number of hydrogen-bond acceptors (Lipinski definition) is 3. The van der Waals surface area contributed by atoms with Gasteiger partial charge in [-0.25, -0.2) is 0 Å². The topological polar surface area (TPSA) is 87.7 Å². The van der Waals surface area contributed by atoms with Crippen LogP contribution in [0.1, 0.15) is 35.6 Å². The number of benzene rings is 1. The Morgan fingerprint density at radius 3 is 2.29 bits per heavy atom. The van der Waals surface area contributed by atoms with Crippen LogP contribution in [0.4, 0.5) is 0 Å². The molecule has 0 unspecified atom stereocenters. The Balaban J connectivity index is 2.54. The number of carboxylic acid groups (broad SMARTS) is 2. The highest BCUT2D eigenvalue weighted by Gasteiger charge is 2.21. The summed E-state index contributed by atoms with van der Waals surface area (Å²) in [4.78, 5) is 21.9. The first-order chi connectivity index (χ1) is 9.79. The lowest BCUT2D eigenvalue weighted by Gasteiger charge is -2.14. The molecule has 0 atom stereocenters. The Bertz CT molecular complexity index is 700. The van der Waals surface area contributed by atoms with E-state index >= 15 is 0 Å². The van der Waals surface area contributed by atoms with Gasteiger partial charge in [-0.05, 0) is 53.0 Å². The maximum atomic E-state index is 11.0. The van der Waals surface area contributed by atoms with Gasteiger partial charge >= 0.3 is 11.9 Å². The van der Waals surface area contributed by atoms with Crippen molar-refractivity contribution in [3.05, 3.63) is 33.5 Å². The summed E-state index contributed by atoms with van der Waals surface area (Å²) in [6.45, 7) is 3.77. The van der Waals surface area contributed by atoms with E-state index in [1.165, 1.54) is 0 Å². The van der Waals surface area contributed by atoms with Crippen LogP contribution < -0.4 is 0 Å². The highest BCUT2D eigenvalue weighted by Crippen LogP contribution is 2.35. The second-order valence-electron chi connectivity index (χ2n) is 5.06. The summed E-state index contributed by atoms with van der Waals surface area (Å²) in [5.41, 5.74) is 2.35. The largest absolute Gasteiger partial charge is 0.481 e. The van der Waals surface area contributed by atoms with Gasteiger partial charge in [-0.3, -0.25) is 9.59 Å². The van der Waals surface area contributed by atoms with Gasteiger partial charge in [0.15, 0.2) is 0 Å². The quantitative estimate of drug-likeness (QED) is 0.851. The molecule has 1 heterocycles. The van der Waals surface area contributed by atoms with E-state index in [0.29, 0.717) is 15.6 Å². The molecule has 6 heteroatoms. The number of aryl methyl sites for hydroxylation is 2. The molecule has 21 heavy (non-hydrogen) atoms. The molecule has 0 spiro atoms. The van der Waals surface area contributed by atoms with Crippen LogP contribution in [0.15, 0.2) is 21.0 Å². The molecule has 5 nitrogen and oxygen atoms in total. The molecule has 2 N–H and O–H groups in total. The third-order valence-electron chi connectivity index (χ3n) is 3.57. The first kappa shape index (κ1) is 15.6. The predicted octanol–water partition coefficient (Wildman–Crippen LogP) is 3.85. The van der Waals surface area contributed by atoms with Crippen molar-refractivity contribution < 1.29 is 24.2 Å². The standard InChI is InChI=1S/C15H15BrO5/c1-7-8(2)21-15-11(7)3-9(4-12(15)16)10(5-13(17)18)6-14(19)20/h3-4,10H,5-6H2,1-2H3,(H,17,18)(H,19,20). The number of fused-ring (bicyclic) bond motifs is 1. The summed E-state index contributed by atoms with van der Waals surface area (Å²) in [5, 5.41) is 18.8. The number of furan rings is 1. The fourth-order valence-electron chi connectivity index (χ4n) is 2.38. The molecule has 2 rings (SSSR count). The van der Waals surface area contributed by atoms with Gasteiger partial charge in [0.05, 0.1) is 17.3 Å². The SMILES string of the molecule is Cc1oc2c(Br)cc(C(CC(=O)O)CC(=O)O)cc2c1C. The number of hydrogen-bond donors (Lipinski definition) is 2. The first-order valence-corrected chi connectivity index (χ1v) is 7.21. The van der Waals surface area contributed by atoms with E-state index in [-0.39, 0.29) is 12.8 Å². The molecule has 0 saturated carbocycles. The van der Waals surface area contributed by atoms with Crippen LogP contribution >= 0.6 is 15.9 Å². The molecular formula is C15H15BrO5. The van der Waals surface area contributed by atoms with Crippen LogP contribution in [0.2, 0.25) is 0 Å². The van der Waals surface area contributed by atoms with Gasteiger partial charge in [0.25, 0.3) is 0 Å². The molecule has 0 radical (unpaired) electrons. The summed E-state index contributed by atoms with van der Waals surface area (Å²) in [6, 6.07) is 3.56. The molecule has 0 aliphatic carbocycles. The lowest BCUT2D eigenvalue weighted by Crippen LogP contribution is -2.11. The zero-order valence-electron chi connectivity index (χ0n) is 11.6. The minimum Gasteiger partial charge on any atom is -0.481 e. The van der Waals surface area contributed by atoms with E-state index in [1.807, 2.05) is 19.9 Å². The van der Waals surface area contributed by atoms with E-state index in [1.54, 1.807) is 6.07 Å². The monoisotopic (exact) mass is 354 g/mol. The summed E-state index contributed by atoms with van der Waals surface area (Å²) >= 11 is 3.41. The Labute approximate surface area is 129 Å². The second kappa shape index (κ2) is 5.89. The van der Waals surface area contributed by atoms with E-state index in [0.717, 1.165) is 16.7 Å². The smallest absolute Gasteiger partial charge is 0.303 e.